The fourth-order valence-electron chi connectivity index (χ4n) is 4.68. The number of rotatable bonds is 6. The fourth-order valence-corrected chi connectivity index (χ4v) is 4.68. The molecule has 3 N–H and O–H groups in total. The first-order chi connectivity index (χ1) is 12.7. The molecule has 1 aromatic rings. The molecule has 1 heterocycles. The first-order valence-corrected chi connectivity index (χ1v) is 10.6. The van der Waals surface area contributed by atoms with Gasteiger partial charge in [-0.3, -0.25) is 4.79 Å². The third-order valence-corrected chi connectivity index (χ3v) is 6.58. The summed E-state index contributed by atoms with van der Waals surface area (Å²) in [5.41, 5.74) is 2.19. The third kappa shape index (κ3) is 4.47. The van der Waals surface area contributed by atoms with Crippen LogP contribution in [0.5, 0.6) is 0 Å². The fraction of sp³-hybridized carbons (Fsp3) is 0.682. The van der Waals surface area contributed by atoms with Crippen molar-refractivity contribution in [2.45, 2.75) is 75.9 Å². The lowest BCUT2D eigenvalue weighted by molar-refractivity contribution is 0.0929. The standard InChI is InChI=1S/C22H33N3O/c1-15(16-2-3-16)24-21-9-8-19(14-21)17-4-6-18(7-5-17)22(26)25-20-10-12-23-13-11-20/h4-7,15-16,19-21,23-24H,2-3,8-14H2,1H3,(H,25,26)/t15-,19+,21?/m1/s1. The highest BCUT2D eigenvalue weighted by Crippen LogP contribution is 2.37. The van der Waals surface area contributed by atoms with Crippen molar-refractivity contribution in [3.8, 4) is 0 Å². The Labute approximate surface area is 157 Å². The van der Waals surface area contributed by atoms with Gasteiger partial charge in [-0.05, 0) is 94.5 Å². The van der Waals surface area contributed by atoms with E-state index in [9.17, 15) is 4.79 Å². The van der Waals surface area contributed by atoms with Crippen molar-refractivity contribution >= 4 is 5.91 Å². The summed E-state index contributed by atoms with van der Waals surface area (Å²) in [6.07, 6.45) is 8.64. The number of hydrogen-bond acceptors (Lipinski definition) is 3. The van der Waals surface area contributed by atoms with Crippen LogP contribution in [0.2, 0.25) is 0 Å². The van der Waals surface area contributed by atoms with Crippen molar-refractivity contribution in [1.82, 2.24) is 16.0 Å². The van der Waals surface area contributed by atoms with Crippen LogP contribution in [-0.4, -0.2) is 37.1 Å². The lowest BCUT2D eigenvalue weighted by Crippen LogP contribution is -2.42. The molecule has 0 spiro atoms. The molecule has 0 radical (unpaired) electrons. The van der Waals surface area contributed by atoms with Gasteiger partial charge in [-0.1, -0.05) is 12.1 Å². The van der Waals surface area contributed by atoms with E-state index in [1.807, 2.05) is 12.1 Å². The number of carbonyl (C=O) groups is 1. The van der Waals surface area contributed by atoms with Crippen molar-refractivity contribution in [1.29, 1.82) is 0 Å². The summed E-state index contributed by atoms with van der Waals surface area (Å²) in [5, 5.41) is 10.4. The normalized spacial score (nSPS) is 28.0. The summed E-state index contributed by atoms with van der Waals surface area (Å²) in [7, 11) is 0. The van der Waals surface area contributed by atoms with Crippen LogP contribution in [0.1, 0.15) is 73.7 Å². The summed E-state index contributed by atoms with van der Waals surface area (Å²) in [6, 6.07) is 10.0. The molecule has 2 saturated carbocycles. The molecule has 26 heavy (non-hydrogen) atoms. The summed E-state index contributed by atoms with van der Waals surface area (Å²) in [6.45, 7) is 4.35. The molecule has 1 aromatic carbocycles. The van der Waals surface area contributed by atoms with E-state index in [2.05, 4.69) is 35.0 Å². The number of nitrogens with one attached hydrogen (secondary N) is 3. The first kappa shape index (κ1) is 18.0. The molecule has 3 atom stereocenters. The van der Waals surface area contributed by atoms with Crippen LogP contribution >= 0.6 is 0 Å². The van der Waals surface area contributed by atoms with Gasteiger partial charge in [0.05, 0.1) is 0 Å². The maximum atomic E-state index is 12.4. The quantitative estimate of drug-likeness (QED) is 0.734. The van der Waals surface area contributed by atoms with E-state index in [4.69, 9.17) is 0 Å². The molecule has 4 nitrogen and oxygen atoms in total. The van der Waals surface area contributed by atoms with Crippen LogP contribution in [-0.2, 0) is 0 Å². The molecule has 3 fully saturated rings. The second-order valence-electron chi connectivity index (χ2n) is 8.62. The van der Waals surface area contributed by atoms with Crippen LogP contribution in [0.4, 0.5) is 0 Å². The highest BCUT2D eigenvalue weighted by molar-refractivity contribution is 5.94. The van der Waals surface area contributed by atoms with E-state index in [1.54, 1.807) is 0 Å². The average molecular weight is 356 g/mol. The minimum Gasteiger partial charge on any atom is -0.349 e. The predicted molar refractivity (Wildman–Crippen MR) is 106 cm³/mol. The molecule has 4 rings (SSSR count). The molecule has 4 heteroatoms. The van der Waals surface area contributed by atoms with E-state index in [1.165, 1.54) is 37.7 Å². The van der Waals surface area contributed by atoms with E-state index < -0.39 is 0 Å². The predicted octanol–water partition coefficient (Wildman–Crippen LogP) is 3.19. The summed E-state index contributed by atoms with van der Waals surface area (Å²) in [4.78, 5) is 12.4. The number of hydrogen-bond donors (Lipinski definition) is 3. The van der Waals surface area contributed by atoms with Crippen LogP contribution in [0, 0.1) is 5.92 Å². The highest BCUT2D eigenvalue weighted by Gasteiger charge is 2.32. The van der Waals surface area contributed by atoms with Crippen LogP contribution in [0.25, 0.3) is 0 Å². The zero-order chi connectivity index (χ0) is 17.9. The summed E-state index contributed by atoms with van der Waals surface area (Å²) < 4.78 is 0. The zero-order valence-corrected chi connectivity index (χ0v) is 16.0. The Balaban J connectivity index is 1.29. The number of benzene rings is 1. The van der Waals surface area contributed by atoms with E-state index in [-0.39, 0.29) is 5.91 Å². The largest absolute Gasteiger partial charge is 0.349 e. The monoisotopic (exact) mass is 355 g/mol. The van der Waals surface area contributed by atoms with Gasteiger partial charge in [0.1, 0.15) is 0 Å². The molecular formula is C22H33N3O. The van der Waals surface area contributed by atoms with Crippen molar-refractivity contribution in [3.63, 3.8) is 0 Å². The van der Waals surface area contributed by atoms with Gasteiger partial charge in [-0.2, -0.15) is 0 Å². The topological polar surface area (TPSA) is 53.2 Å². The Bertz CT molecular complexity index is 604. The zero-order valence-electron chi connectivity index (χ0n) is 16.0. The Kier molecular flexibility index (Phi) is 5.60. The Morgan fingerprint density at radius 2 is 1.73 bits per heavy atom. The van der Waals surface area contributed by atoms with Crippen LogP contribution < -0.4 is 16.0 Å². The van der Waals surface area contributed by atoms with Gasteiger partial charge in [0.15, 0.2) is 0 Å². The average Bonchev–Trinajstić information content (AvgIpc) is 3.42. The van der Waals surface area contributed by atoms with Crippen LogP contribution in [0.15, 0.2) is 24.3 Å². The third-order valence-electron chi connectivity index (χ3n) is 6.58. The lowest BCUT2D eigenvalue weighted by Gasteiger charge is -2.23. The number of piperidine rings is 1. The van der Waals surface area contributed by atoms with Gasteiger partial charge in [0.2, 0.25) is 0 Å². The highest BCUT2D eigenvalue weighted by atomic mass is 16.1. The molecule has 142 valence electrons. The van der Waals surface area contributed by atoms with Gasteiger partial charge in [-0.25, -0.2) is 0 Å². The molecule has 0 bridgehead atoms. The minimum atomic E-state index is 0.0765. The SMILES string of the molecule is C[C@@H](NC1CC[C@H](c2ccc(C(=O)NC3CCNCC3)cc2)C1)C1CC1. The van der Waals surface area contributed by atoms with Gasteiger partial charge in [-0.15, -0.1) is 0 Å². The van der Waals surface area contributed by atoms with Crippen molar-refractivity contribution in [2.75, 3.05) is 13.1 Å². The molecule has 0 aromatic heterocycles. The summed E-state index contributed by atoms with van der Waals surface area (Å²) in [5.74, 6) is 1.64. The second-order valence-corrected chi connectivity index (χ2v) is 8.62. The van der Waals surface area contributed by atoms with Crippen LogP contribution in [0.3, 0.4) is 0 Å². The molecule has 1 aliphatic heterocycles. The summed E-state index contributed by atoms with van der Waals surface area (Å²) >= 11 is 0. The molecule has 3 aliphatic rings. The smallest absolute Gasteiger partial charge is 0.251 e. The molecule has 1 unspecified atom stereocenters. The maximum Gasteiger partial charge on any atom is 0.251 e. The lowest BCUT2D eigenvalue weighted by atomic mass is 9.96. The van der Waals surface area contributed by atoms with Crippen molar-refractivity contribution in [3.05, 3.63) is 35.4 Å². The molecule has 2 aliphatic carbocycles. The van der Waals surface area contributed by atoms with E-state index >= 15 is 0 Å². The Morgan fingerprint density at radius 3 is 2.42 bits per heavy atom. The minimum absolute atomic E-state index is 0.0765. The van der Waals surface area contributed by atoms with E-state index in [0.717, 1.165) is 37.4 Å². The first-order valence-electron chi connectivity index (χ1n) is 10.6. The second kappa shape index (κ2) is 8.10. The van der Waals surface area contributed by atoms with Gasteiger partial charge in [0, 0.05) is 23.7 Å². The van der Waals surface area contributed by atoms with Crippen molar-refractivity contribution < 1.29 is 4.79 Å². The molecular weight excluding hydrogens is 322 g/mol. The number of carbonyl (C=O) groups excluding carboxylic acids is 1. The number of amides is 1. The Morgan fingerprint density at radius 1 is 1.00 bits per heavy atom. The van der Waals surface area contributed by atoms with Gasteiger partial charge in [0.25, 0.3) is 5.91 Å². The molecule has 1 amide bonds. The molecule has 1 saturated heterocycles. The Hall–Kier alpha value is -1.39. The van der Waals surface area contributed by atoms with E-state index in [0.29, 0.717) is 24.0 Å². The maximum absolute atomic E-state index is 12.4. The van der Waals surface area contributed by atoms with Gasteiger partial charge >= 0.3 is 0 Å². The van der Waals surface area contributed by atoms with Gasteiger partial charge < -0.3 is 16.0 Å². The van der Waals surface area contributed by atoms with Crippen molar-refractivity contribution in [2.24, 2.45) is 5.92 Å².